The molecule has 1 fully saturated rings. The van der Waals surface area contributed by atoms with E-state index in [0.29, 0.717) is 6.54 Å². The van der Waals surface area contributed by atoms with Crippen LogP contribution in [-0.2, 0) is 9.53 Å². The summed E-state index contributed by atoms with van der Waals surface area (Å²) in [5.41, 5.74) is 2.70. The van der Waals surface area contributed by atoms with Crippen LogP contribution in [0.2, 0.25) is 0 Å². The smallest absolute Gasteiger partial charge is 0.262 e. The Hall–Kier alpha value is -3.36. The number of ether oxygens (including phenoxy) is 2. The lowest BCUT2D eigenvalue weighted by molar-refractivity contribution is -0.117. The molecule has 2 aromatic carbocycles. The highest BCUT2D eigenvalue weighted by Crippen LogP contribution is 2.38. The number of hydrogen-bond acceptors (Lipinski definition) is 4. The van der Waals surface area contributed by atoms with Gasteiger partial charge in [-0.3, -0.25) is 4.79 Å². The molecule has 0 aliphatic carbocycles. The van der Waals surface area contributed by atoms with Crippen molar-refractivity contribution in [1.29, 1.82) is 5.26 Å². The highest BCUT2D eigenvalue weighted by molar-refractivity contribution is 5.98. The molecule has 29 heavy (non-hydrogen) atoms. The van der Waals surface area contributed by atoms with Crippen LogP contribution >= 0.6 is 0 Å². The van der Waals surface area contributed by atoms with E-state index in [2.05, 4.69) is 5.32 Å². The number of hydrogen-bond donors (Lipinski definition) is 1. The van der Waals surface area contributed by atoms with Gasteiger partial charge in [-0.05, 0) is 42.2 Å². The van der Waals surface area contributed by atoms with Gasteiger partial charge in [0.2, 0.25) is 0 Å². The summed E-state index contributed by atoms with van der Waals surface area (Å²) in [4.78, 5) is 12.6. The quantitative estimate of drug-likeness (QED) is 0.624. The number of benzene rings is 2. The van der Waals surface area contributed by atoms with Gasteiger partial charge in [-0.2, -0.15) is 5.26 Å². The predicted octanol–water partition coefficient (Wildman–Crippen LogP) is 3.95. The Labute approximate surface area is 170 Å². The van der Waals surface area contributed by atoms with E-state index in [-0.39, 0.29) is 17.8 Å². The van der Waals surface area contributed by atoms with E-state index in [1.54, 1.807) is 6.08 Å². The molecule has 0 radical (unpaired) electrons. The molecule has 4 rings (SSSR count). The predicted molar refractivity (Wildman–Crippen MR) is 110 cm³/mol. The lowest BCUT2D eigenvalue weighted by Gasteiger charge is -2.26. The third kappa shape index (κ3) is 4.39. The van der Waals surface area contributed by atoms with Gasteiger partial charge in [-0.15, -0.1) is 0 Å². The van der Waals surface area contributed by atoms with Crippen LogP contribution < -0.4 is 10.1 Å². The van der Waals surface area contributed by atoms with E-state index in [1.165, 1.54) is 0 Å². The average molecular weight is 386 g/mol. The van der Waals surface area contributed by atoms with Crippen LogP contribution in [0, 0.1) is 11.3 Å². The Morgan fingerprint density at radius 2 is 1.97 bits per heavy atom. The van der Waals surface area contributed by atoms with Crippen molar-refractivity contribution in [1.82, 2.24) is 5.32 Å². The van der Waals surface area contributed by atoms with Crippen LogP contribution in [0.25, 0.3) is 6.08 Å². The normalized spacial score (nSPS) is 20.8. The zero-order valence-corrected chi connectivity index (χ0v) is 16.0. The third-order valence-electron chi connectivity index (χ3n) is 5.08. The summed E-state index contributed by atoms with van der Waals surface area (Å²) in [5.74, 6) is 0.384. The second-order valence-corrected chi connectivity index (χ2v) is 7.11. The maximum absolute atomic E-state index is 12.6. The van der Waals surface area contributed by atoms with E-state index in [4.69, 9.17) is 9.47 Å². The van der Waals surface area contributed by atoms with Crippen molar-refractivity contribution in [3.8, 4) is 11.8 Å². The number of nitrogens with one attached hydrogen (secondary N) is 1. The van der Waals surface area contributed by atoms with Crippen molar-refractivity contribution in [3.63, 3.8) is 0 Å². The number of carbonyl (C=O) groups is 1. The Morgan fingerprint density at radius 1 is 1.17 bits per heavy atom. The number of para-hydroxylation sites is 1. The van der Waals surface area contributed by atoms with Gasteiger partial charge < -0.3 is 14.8 Å². The van der Waals surface area contributed by atoms with Crippen molar-refractivity contribution in [2.45, 2.75) is 25.0 Å². The molecule has 5 nitrogen and oxygen atoms in total. The van der Waals surface area contributed by atoms with E-state index in [9.17, 15) is 10.1 Å². The minimum atomic E-state index is -0.394. The Balaban J connectivity index is 1.62. The molecule has 0 saturated carbocycles. The SMILES string of the molecule is N#C/C(=C\C1=Cc2ccccc2OC1c1ccccc1)C(=O)NCC1CCCO1. The maximum Gasteiger partial charge on any atom is 0.262 e. The van der Waals surface area contributed by atoms with Crippen LogP contribution in [0.5, 0.6) is 5.75 Å². The highest BCUT2D eigenvalue weighted by atomic mass is 16.5. The molecule has 1 amide bonds. The molecule has 5 heteroatoms. The summed E-state index contributed by atoms with van der Waals surface area (Å²) < 4.78 is 11.8. The summed E-state index contributed by atoms with van der Waals surface area (Å²) >= 11 is 0. The molecule has 2 aromatic rings. The fourth-order valence-electron chi connectivity index (χ4n) is 3.59. The lowest BCUT2D eigenvalue weighted by Crippen LogP contribution is -2.32. The number of carbonyl (C=O) groups excluding carboxylic acids is 1. The number of fused-ring (bicyclic) bond motifs is 1. The molecule has 2 unspecified atom stereocenters. The largest absolute Gasteiger partial charge is 0.480 e. The summed E-state index contributed by atoms with van der Waals surface area (Å²) in [5, 5.41) is 12.4. The second kappa shape index (κ2) is 8.76. The highest BCUT2D eigenvalue weighted by Gasteiger charge is 2.25. The summed E-state index contributed by atoms with van der Waals surface area (Å²) in [6, 6.07) is 19.5. The van der Waals surface area contributed by atoms with Crippen LogP contribution in [0.3, 0.4) is 0 Å². The molecular formula is C24H22N2O3. The Kier molecular flexibility index (Phi) is 5.73. The molecule has 1 saturated heterocycles. The van der Waals surface area contributed by atoms with Crippen LogP contribution in [0.1, 0.15) is 30.1 Å². The first kappa shape index (κ1) is 19.0. The first-order valence-corrected chi connectivity index (χ1v) is 9.78. The van der Waals surface area contributed by atoms with Gasteiger partial charge in [-0.25, -0.2) is 0 Å². The van der Waals surface area contributed by atoms with Gasteiger partial charge in [0.25, 0.3) is 5.91 Å². The Morgan fingerprint density at radius 3 is 2.72 bits per heavy atom. The molecule has 0 spiro atoms. The molecule has 2 atom stereocenters. The number of rotatable bonds is 5. The summed E-state index contributed by atoms with van der Waals surface area (Å²) in [6.07, 6.45) is 5.17. The molecule has 0 bridgehead atoms. The van der Waals surface area contributed by atoms with E-state index in [0.717, 1.165) is 41.9 Å². The van der Waals surface area contributed by atoms with Gasteiger partial charge in [0, 0.05) is 18.7 Å². The first-order chi connectivity index (χ1) is 14.2. The van der Waals surface area contributed by atoms with Crippen molar-refractivity contribution in [2.75, 3.05) is 13.2 Å². The third-order valence-corrected chi connectivity index (χ3v) is 5.08. The standard InChI is InChI=1S/C24H22N2O3/c25-15-20(24(27)26-16-21-10-6-12-28-21)14-19-13-18-9-4-5-11-22(18)29-23(19)17-7-2-1-3-8-17/h1-5,7-9,11,13-14,21,23H,6,10,12,16H2,(H,26,27)/b20-14+. The zero-order valence-electron chi connectivity index (χ0n) is 16.0. The van der Waals surface area contributed by atoms with Gasteiger partial charge in [0.05, 0.1) is 6.10 Å². The first-order valence-electron chi connectivity index (χ1n) is 9.78. The second-order valence-electron chi connectivity index (χ2n) is 7.11. The molecule has 0 aromatic heterocycles. The minimum Gasteiger partial charge on any atom is -0.480 e. The van der Waals surface area contributed by atoms with E-state index >= 15 is 0 Å². The number of nitrogens with zero attached hydrogens (tertiary/aromatic N) is 1. The van der Waals surface area contributed by atoms with Gasteiger partial charge in [0.15, 0.2) is 0 Å². The summed E-state index contributed by atoms with van der Waals surface area (Å²) in [7, 11) is 0. The molecule has 146 valence electrons. The maximum atomic E-state index is 12.6. The molecule has 2 aliphatic rings. The molecule has 2 heterocycles. The zero-order chi connectivity index (χ0) is 20.1. The van der Waals surface area contributed by atoms with Gasteiger partial charge in [-0.1, -0.05) is 48.5 Å². The Bertz CT molecular complexity index is 983. The number of amides is 1. The fourth-order valence-corrected chi connectivity index (χ4v) is 3.59. The van der Waals surface area contributed by atoms with Crippen LogP contribution in [0.15, 0.2) is 71.8 Å². The van der Waals surface area contributed by atoms with Gasteiger partial charge in [0.1, 0.15) is 23.5 Å². The average Bonchev–Trinajstić information content (AvgIpc) is 3.29. The lowest BCUT2D eigenvalue weighted by atomic mass is 9.94. The summed E-state index contributed by atoms with van der Waals surface area (Å²) in [6.45, 7) is 1.14. The van der Waals surface area contributed by atoms with Crippen LogP contribution in [-0.4, -0.2) is 25.2 Å². The topological polar surface area (TPSA) is 71.3 Å². The number of nitriles is 1. The fraction of sp³-hybridized carbons (Fsp3) is 0.250. The van der Waals surface area contributed by atoms with Crippen molar-refractivity contribution < 1.29 is 14.3 Å². The van der Waals surface area contributed by atoms with E-state index in [1.807, 2.05) is 66.7 Å². The van der Waals surface area contributed by atoms with Gasteiger partial charge >= 0.3 is 0 Å². The minimum absolute atomic E-state index is 0.0278. The van der Waals surface area contributed by atoms with Crippen molar-refractivity contribution in [2.24, 2.45) is 0 Å². The van der Waals surface area contributed by atoms with E-state index < -0.39 is 5.91 Å². The van der Waals surface area contributed by atoms with Crippen LogP contribution in [0.4, 0.5) is 0 Å². The molecule has 2 aliphatic heterocycles. The molecule has 1 N–H and O–H groups in total. The monoisotopic (exact) mass is 386 g/mol. The van der Waals surface area contributed by atoms with Crippen molar-refractivity contribution in [3.05, 3.63) is 82.9 Å². The molecular weight excluding hydrogens is 364 g/mol. The van der Waals surface area contributed by atoms with Crippen molar-refractivity contribution >= 4 is 12.0 Å².